The van der Waals surface area contributed by atoms with E-state index < -0.39 is 0 Å². The molecule has 108 valence electrons. The summed E-state index contributed by atoms with van der Waals surface area (Å²) in [5.41, 5.74) is 1.19. The van der Waals surface area contributed by atoms with Crippen LogP contribution in [0.4, 0.5) is 0 Å². The van der Waals surface area contributed by atoms with Crippen molar-refractivity contribution in [3.05, 3.63) is 40.0 Å². The lowest BCUT2D eigenvalue weighted by atomic mass is 10.1. The van der Waals surface area contributed by atoms with Gasteiger partial charge in [-0.1, -0.05) is 27.2 Å². The minimum Gasteiger partial charge on any atom is -0.497 e. The third-order valence-electron chi connectivity index (χ3n) is 3.03. The molecule has 0 amide bonds. The lowest BCUT2D eigenvalue weighted by molar-refractivity contribution is 0.370. The molecule has 6 heteroatoms. The van der Waals surface area contributed by atoms with Gasteiger partial charge in [0.2, 0.25) is 5.89 Å². The van der Waals surface area contributed by atoms with Crippen LogP contribution in [0, 0.1) is 6.92 Å². The van der Waals surface area contributed by atoms with Crippen LogP contribution in [0.5, 0.6) is 5.75 Å². The van der Waals surface area contributed by atoms with Crippen molar-refractivity contribution in [2.24, 2.45) is 0 Å². The van der Waals surface area contributed by atoms with Gasteiger partial charge in [0.15, 0.2) is 5.82 Å². The Bertz CT molecular complexity index is 571. The second-order valence-electron chi connectivity index (χ2n) is 4.55. The fraction of sp³-hybridized carbons (Fsp3) is 0.429. The number of nitrogens with one attached hydrogen (secondary N) is 1. The highest BCUT2D eigenvalue weighted by Gasteiger charge is 2.10. The van der Waals surface area contributed by atoms with Crippen molar-refractivity contribution < 1.29 is 9.26 Å². The SMILES string of the molecule is COc1ccc(C(C)NCCc2nc(C)no2)c(Br)c1. The van der Waals surface area contributed by atoms with Crippen molar-refractivity contribution in [3.63, 3.8) is 0 Å². The lowest BCUT2D eigenvalue weighted by Crippen LogP contribution is -2.21. The number of benzene rings is 1. The van der Waals surface area contributed by atoms with Crippen LogP contribution in [0.25, 0.3) is 0 Å². The minimum absolute atomic E-state index is 0.222. The van der Waals surface area contributed by atoms with E-state index in [1.54, 1.807) is 7.11 Å². The van der Waals surface area contributed by atoms with Gasteiger partial charge in [-0.2, -0.15) is 4.98 Å². The van der Waals surface area contributed by atoms with Crippen LogP contribution in [0.1, 0.15) is 30.2 Å². The number of halogens is 1. The number of nitrogens with zero attached hydrogens (tertiary/aromatic N) is 2. The highest BCUT2D eigenvalue weighted by Crippen LogP contribution is 2.27. The molecule has 0 aliphatic rings. The van der Waals surface area contributed by atoms with Crippen molar-refractivity contribution in [1.82, 2.24) is 15.5 Å². The predicted octanol–water partition coefficient (Wildman–Crippen LogP) is 3.04. The molecule has 0 radical (unpaired) electrons. The van der Waals surface area contributed by atoms with Gasteiger partial charge < -0.3 is 14.6 Å². The monoisotopic (exact) mass is 339 g/mol. The average molecular weight is 340 g/mol. The standard InChI is InChI=1S/C14H18BrN3O2/c1-9(12-5-4-11(19-3)8-13(12)15)16-7-6-14-17-10(2)18-20-14/h4-5,8-9,16H,6-7H2,1-3H3. The predicted molar refractivity (Wildman–Crippen MR) is 79.9 cm³/mol. The first kappa shape index (κ1) is 15.0. The number of aryl methyl sites for hydroxylation is 1. The summed E-state index contributed by atoms with van der Waals surface area (Å²) in [6, 6.07) is 6.20. The van der Waals surface area contributed by atoms with Crippen LogP contribution >= 0.6 is 15.9 Å². The van der Waals surface area contributed by atoms with Gasteiger partial charge in [-0.3, -0.25) is 0 Å². The fourth-order valence-corrected chi connectivity index (χ4v) is 2.63. The molecule has 0 saturated carbocycles. The maximum atomic E-state index is 5.19. The molecule has 0 saturated heterocycles. The first-order valence-electron chi connectivity index (χ1n) is 6.46. The zero-order valence-corrected chi connectivity index (χ0v) is 13.4. The summed E-state index contributed by atoms with van der Waals surface area (Å²) in [6.45, 7) is 4.71. The smallest absolute Gasteiger partial charge is 0.227 e. The third-order valence-corrected chi connectivity index (χ3v) is 3.72. The van der Waals surface area contributed by atoms with E-state index in [-0.39, 0.29) is 6.04 Å². The minimum atomic E-state index is 0.222. The number of hydrogen-bond donors (Lipinski definition) is 1. The Morgan fingerprint density at radius 3 is 2.85 bits per heavy atom. The topological polar surface area (TPSA) is 60.2 Å². The van der Waals surface area contributed by atoms with Crippen molar-refractivity contribution in [2.75, 3.05) is 13.7 Å². The first-order chi connectivity index (χ1) is 9.60. The zero-order valence-electron chi connectivity index (χ0n) is 11.8. The quantitative estimate of drug-likeness (QED) is 0.876. The van der Waals surface area contributed by atoms with Gasteiger partial charge in [0.25, 0.3) is 0 Å². The molecular formula is C14H18BrN3O2. The first-order valence-corrected chi connectivity index (χ1v) is 7.25. The Kier molecular flexibility index (Phi) is 5.14. The molecule has 0 spiro atoms. The van der Waals surface area contributed by atoms with Gasteiger partial charge in [0, 0.05) is 23.5 Å². The zero-order chi connectivity index (χ0) is 14.5. The van der Waals surface area contributed by atoms with Gasteiger partial charge >= 0.3 is 0 Å². The van der Waals surface area contributed by atoms with E-state index in [2.05, 4.69) is 44.4 Å². The largest absolute Gasteiger partial charge is 0.497 e. The fourth-order valence-electron chi connectivity index (χ4n) is 1.93. The number of methoxy groups -OCH3 is 1. The maximum Gasteiger partial charge on any atom is 0.227 e. The highest BCUT2D eigenvalue weighted by molar-refractivity contribution is 9.10. The van der Waals surface area contributed by atoms with Crippen molar-refractivity contribution >= 4 is 15.9 Å². The second-order valence-corrected chi connectivity index (χ2v) is 5.40. The maximum absolute atomic E-state index is 5.19. The molecule has 1 N–H and O–H groups in total. The normalized spacial score (nSPS) is 12.4. The molecule has 2 rings (SSSR count). The number of ether oxygens (including phenoxy) is 1. The molecule has 1 aromatic heterocycles. The Morgan fingerprint density at radius 2 is 2.25 bits per heavy atom. The van der Waals surface area contributed by atoms with Crippen molar-refractivity contribution in [2.45, 2.75) is 26.3 Å². The Hall–Kier alpha value is -1.40. The number of rotatable bonds is 6. The molecule has 1 aromatic carbocycles. The van der Waals surface area contributed by atoms with Crippen LogP contribution in [0.15, 0.2) is 27.2 Å². The van der Waals surface area contributed by atoms with Crippen LogP contribution in [-0.4, -0.2) is 23.8 Å². The van der Waals surface area contributed by atoms with Gasteiger partial charge in [0.1, 0.15) is 5.75 Å². The molecule has 0 bridgehead atoms. The summed E-state index contributed by atoms with van der Waals surface area (Å²) in [6.07, 6.45) is 0.721. The molecule has 0 aliphatic carbocycles. The van der Waals surface area contributed by atoms with E-state index in [0.29, 0.717) is 11.7 Å². The molecular weight excluding hydrogens is 322 g/mol. The van der Waals surface area contributed by atoms with E-state index in [9.17, 15) is 0 Å². The number of aromatic nitrogens is 2. The van der Waals surface area contributed by atoms with Crippen LogP contribution in [0.3, 0.4) is 0 Å². The summed E-state index contributed by atoms with van der Waals surface area (Å²) in [5.74, 6) is 2.18. The van der Waals surface area contributed by atoms with Gasteiger partial charge in [-0.25, -0.2) is 0 Å². The molecule has 1 unspecified atom stereocenters. The average Bonchev–Trinajstić information content (AvgIpc) is 2.84. The summed E-state index contributed by atoms with van der Waals surface area (Å²) in [4.78, 5) is 4.18. The van der Waals surface area contributed by atoms with Crippen LogP contribution < -0.4 is 10.1 Å². The van der Waals surface area contributed by atoms with E-state index in [1.807, 2.05) is 19.1 Å². The number of hydrogen-bond acceptors (Lipinski definition) is 5. The van der Waals surface area contributed by atoms with Crippen molar-refractivity contribution in [3.8, 4) is 5.75 Å². The molecule has 2 aromatic rings. The summed E-state index contributed by atoms with van der Waals surface area (Å²) < 4.78 is 11.3. The van der Waals surface area contributed by atoms with Gasteiger partial charge in [-0.15, -0.1) is 0 Å². The molecule has 1 heterocycles. The Labute approximate surface area is 126 Å². The van der Waals surface area contributed by atoms with E-state index >= 15 is 0 Å². The van der Waals surface area contributed by atoms with Crippen LogP contribution in [0.2, 0.25) is 0 Å². The Morgan fingerprint density at radius 1 is 1.45 bits per heavy atom. The van der Waals surface area contributed by atoms with Crippen LogP contribution in [-0.2, 0) is 6.42 Å². The summed E-state index contributed by atoms with van der Waals surface area (Å²) in [5, 5.41) is 7.21. The molecule has 1 atom stereocenters. The lowest BCUT2D eigenvalue weighted by Gasteiger charge is -2.16. The molecule has 5 nitrogen and oxygen atoms in total. The second kappa shape index (κ2) is 6.85. The highest BCUT2D eigenvalue weighted by atomic mass is 79.9. The molecule has 0 fully saturated rings. The third kappa shape index (κ3) is 3.80. The van der Waals surface area contributed by atoms with E-state index in [1.165, 1.54) is 5.56 Å². The van der Waals surface area contributed by atoms with Gasteiger partial charge in [0.05, 0.1) is 7.11 Å². The Balaban J connectivity index is 1.89. The molecule has 0 aliphatic heterocycles. The van der Waals surface area contributed by atoms with Crippen molar-refractivity contribution in [1.29, 1.82) is 0 Å². The van der Waals surface area contributed by atoms with E-state index in [4.69, 9.17) is 9.26 Å². The summed E-state index contributed by atoms with van der Waals surface area (Å²) >= 11 is 3.57. The molecule has 20 heavy (non-hydrogen) atoms. The van der Waals surface area contributed by atoms with E-state index in [0.717, 1.165) is 23.2 Å². The van der Waals surface area contributed by atoms with Gasteiger partial charge in [-0.05, 0) is 31.5 Å². The summed E-state index contributed by atoms with van der Waals surface area (Å²) in [7, 11) is 1.66.